The van der Waals surface area contributed by atoms with Crippen molar-refractivity contribution >= 4 is 5.91 Å². The molecule has 1 fully saturated rings. The third kappa shape index (κ3) is 3.79. The lowest BCUT2D eigenvalue weighted by molar-refractivity contribution is -0.131. The number of likely N-dealkylation sites (tertiary alicyclic amines) is 1. The quantitative estimate of drug-likeness (QED) is 0.913. The molecule has 0 aliphatic carbocycles. The fraction of sp³-hybridized carbons (Fsp3) is 0.529. The molecule has 3 rings (SSSR count). The molecule has 128 valence electrons. The van der Waals surface area contributed by atoms with Crippen LogP contribution < -0.4 is 5.73 Å². The first-order valence-corrected chi connectivity index (χ1v) is 8.31. The molecule has 3 heterocycles. The van der Waals surface area contributed by atoms with Gasteiger partial charge in [-0.2, -0.15) is 0 Å². The molecule has 0 saturated carbocycles. The van der Waals surface area contributed by atoms with Crippen LogP contribution in [0.5, 0.6) is 0 Å². The van der Waals surface area contributed by atoms with Gasteiger partial charge >= 0.3 is 0 Å². The zero-order valence-corrected chi connectivity index (χ0v) is 14.2. The van der Waals surface area contributed by atoms with Gasteiger partial charge in [0.15, 0.2) is 0 Å². The lowest BCUT2D eigenvalue weighted by Crippen LogP contribution is -2.40. The Kier molecular flexibility index (Phi) is 4.62. The average Bonchev–Trinajstić information content (AvgIpc) is 3.06. The molecule has 1 amide bonds. The van der Waals surface area contributed by atoms with E-state index in [2.05, 4.69) is 15.3 Å². The summed E-state index contributed by atoms with van der Waals surface area (Å²) in [5, 5.41) is 8.39. The monoisotopic (exact) mass is 328 g/mol. The fourth-order valence-electron chi connectivity index (χ4n) is 2.92. The summed E-state index contributed by atoms with van der Waals surface area (Å²) in [6.45, 7) is 5.32. The number of hydrogen-bond acceptors (Lipinski definition) is 5. The van der Waals surface area contributed by atoms with E-state index < -0.39 is 5.54 Å². The highest BCUT2D eigenvalue weighted by molar-refractivity contribution is 5.78. The van der Waals surface area contributed by atoms with E-state index in [1.807, 2.05) is 41.8 Å². The van der Waals surface area contributed by atoms with E-state index >= 15 is 0 Å². The molecule has 24 heavy (non-hydrogen) atoms. The second-order valence-electron chi connectivity index (χ2n) is 6.96. The lowest BCUT2D eigenvalue weighted by atomic mass is 10.0. The van der Waals surface area contributed by atoms with Crippen LogP contribution >= 0.6 is 0 Å². The van der Waals surface area contributed by atoms with Gasteiger partial charge in [-0.05, 0) is 38.3 Å². The molecule has 1 aliphatic rings. The van der Waals surface area contributed by atoms with Crippen molar-refractivity contribution in [2.75, 3.05) is 13.1 Å². The summed E-state index contributed by atoms with van der Waals surface area (Å²) in [5.74, 6) is 0.156. The Hall–Kier alpha value is -2.28. The van der Waals surface area contributed by atoms with Crippen LogP contribution in [0.1, 0.15) is 44.0 Å². The maximum Gasteiger partial charge on any atom is 0.227 e. The Morgan fingerprint density at radius 2 is 2.12 bits per heavy atom. The molecular formula is C17H24N6O. The Morgan fingerprint density at radius 3 is 2.71 bits per heavy atom. The van der Waals surface area contributed by atoms with E-state index in [4.69, 9.17) is 5.73 Å². The van der Waals surface area contributed by atoms with Gasteiger partial charge in [0.2, 0.25) is 5.91 Å². The van der Waals surface area contributed by atoms with Crippen LogP contribution in [0.4, 0.5) is 0 Å². The summed E-state index contributed by atoms with van der Waals surface area (Å²) >= 11 is 0. The van der Waals surface area contributed by atoms with E-state index in [9.17, 15) is 4.79 Å². The van der Waals surface area contributed by atoms with Crippen molar-refractivity contribution < 1.29 is 4.79 Å². The molecule has 0 bridgehead atoms. The second-order valence-corrected chi connectivity index (χ2v) is 6.96. The van der Waals surface area contributed by atoms with E-state index in [1.54, 1.807) is 12.4 Å². The minimum absolute atomic E-state index is 0.156. The SMILES string of the molecule is CC(C)(N)c1cn(C2CCN(C(=O)Cc3cccnc3)CC2)nn1. The number of rotatable bonds is 4. The van der Waals surface area contributed by atoms with Gasteiger partial charge in [-0.25, -0.2) is 4.68 Å². The topological polar surface area (TPSA) is 89.9 Å². The molecule has 0 unspecified atom stereocenters. The molecule has 0 aromatic carbocycles. The Morgan fingerprint density at radius 1 is 1.38 bits per heavy atom. The predicted molar refractivity (Wildman–Crippen MR) is 90.0 cm³/mol. The number of nitrogens with two attached hydrogens (primary N) is 1. The zero-order valence-electron chi connectivity index (χ0n) is 14.2. The van der Waals surface area contributed by atoms with Crippen LogP contribution in [0, 0.1) is 0 Å². The number of pyridine rings is 1. The molecule has 2 N–H and O–H groups in total. The van der Waals surface area contributed by atoms with Crippen molar-refractivity contribution in [2.24, 2.45) is 5.73 Å². The molecule has 1 aliphatic heterocycles. The highest BCUT2D eigenvalue weighted by Crippen LogP contribution is 2.23. The van der Waals surface area contributed by atoms with Gasteiger partial charge in [0.25, 0.3) is 0 Å². The summed E-state index contributed by atoms with van der Waals surface area (Å²) < 4.78 is 1.90. The third-order valence-electron chi connectivity index (χ3n) is 4.44. The summed E-state index contributed by atoms with van der Waals surface area (Å²) in [4.78, 5) is 18.4. The summed E-state index contributed by atoms with van der Waals surface area (Å²) in [7, 11) is 0. The van der Waals surface area contributed by atoms with Crippen LogP contribution in [0.2, 0.25) is 0 Å². The molecule has 7 heteroatoms. The van der Waals surface area contributed by atoms with E-state index in [0.717, 1.165) is 37.2 Å². The number of aromatic nitrogens is 4. The van der Waals surface area contributed by atoms with Crippen molar-refractivity contribution in [1.82, 2.24) is 24.9 Å². The highest BCUT2D eigenvalue weighted by Gasteiger charge is 2.26. The minimum atomic E-state index is -0.487. The van der Waals surface area contributed by atoms with Crippen molar-refractivity contribution in [3.63, 3.8) is 0 Å². The number of carbonyl (C=O) groups is 1. The molecule has 0 radical (unpaired) electrons. The molecule has 0 spiro atoms. The van der Waals surface area contributed by atoms with Gasteiger partial charge in [0.05, 0.1) is 24.2 Å². The second kappa shape index (κ2) is 6.68. The van der Waals surface area contributed by atoms with Crippen LogP contribution in [0.15, 0.2) is 30.7 Å². The Balaban J connectivity index is 1.56. The largest absolute Gasteiger partial charge is 0.342 e. The van der Waals surface area contributed by atoms with Crippen molar-refractivity contribution in [2.45, 2.75) is 44.7 Å². The fourth-order valence-corrected chi connectivity index (χ4v) is 2.92. The van der Waals surface area contributed by atoms with Gasteiger partial charge in [0.1, 0.15) is 5.69 Å². The first-order valence-electron chi connectivity index (χ1n) is 8.31. The van der Waals surface area contributed by atoms with Gasteiger partial charge in [-0.15, -0.1) is 5.10 Å². The molecule has 1 saturated heterocycles. The summed E-state index contributed by atoms with van der Waals surface area (Å²) in [6.07, 6.45) is 7.56. The molecule has 0 atom stereocenters. The lowest BCUT2D eigenvalue weighted by Gasteiger charge is -2.32. The first kappa shape index (κ1) is 16.6. The molecule has 2 aromatic heterocycles. The van der Waals surface area contributed by atoms with Crippen molar-refractivity contribution in [1.29, 1.82) is 0 Å². The first-order chi connectivity index (χ1) is 11.4. The van der Waals surface area contributed by atoms with Gasteiger partial charge in [-0.1, -0.05) is 11.3 Å². The van der Waals surface area contributed by atoms with E-state index in [0.29, 0.717) is 6.42 Å². The van der Waals surface area contributed by atoms with E-state index in [1.165, 1.54) is 0 Å². The van der Waals surface area contributed by atoms with E-state index in [-0.39, 0.29) is 11.9 Å². The number of amides is 1. The van der Waals surface area contributed by atoms with Crippen molar-refractivity contribution in [3.05, 3.63) is 42.0 Å². The number of nitrogens with zero attached hydrogens (tertiary/aromatic N) is 5. The molecule has 2 aromatic rings. The molecule has 7 nitrogen and oxygen atoms in total. The molecular weight excluding hydrogens is 304 g/mol. The van der Waals surface area contributed by atoms with Crippen LogP contribution in [-0.2, 0) is 16.8 Å². The predicted octanol–water partition coefficient (Wildman–Crippen LogP) is 1.27. The number of carbonyl (C=O) groups excluding carboxylic acids is 1. The van der Waals surface area contributed by atoms with Crippen LogP contribution in [0.25, 0.3) is 0 Å². The Bertz CT molecular complexity index is 683. The third-order valence-corrected chi connectivity index (χ3v) is 4.44. The van der Waals surface area contributed by atoms with Gasteiger partial charge in [-0.3, -0.25) is 9.78 Å². The highest BCUT2D eigenvalue weighted by atomic mass is 16.2. The number of hydrogen-bond donors (Lipinski definition) is 1. The summed E-state index contributed by atoms with van der Waals surface area (Å²) in [5.41, 5.74) is 7.32. The van der Waals surface area contributed by atoms with Gasteiger partial charge in [0, 0.05) is 25.5 Å². The zero-order chi connectivity index (χ0) is 17.2. The Labute approximate surface area is 141 Å². The maximum absolute atomic E-state index is 12.4. The minimum Gasteiger partial charge on any atom is -0.342 e. The van der Waals surface area contributed by atoms with Crippen molar-refractivity contribution in [3.8, 4) is 0 Å². The smallest absolute Gasteiger partial charge is 0.227 e. The summed E-state index contributed by atoms with van der Waals surface area (Å²) in [6, 6.07) is 4.07. The van der Waals surface area contributed by atoms with Gasteiger partial charge < -0.3 is 10.6 Å². The maximum atomic E-state index is 12.4. The standard InChI is InChI=1S/C17H24N6O/c1-17(2,18)15-12-23(21-20-15)14-5-8-22(9-6-14)16(24)10-13-4-3-7-19-11-13/h3-4,7,11-12,14H,5-6,8-10,18H2,1-2H3. The van der Waals surface area contributed by atoms with Crippen LogP contribution in [-0.4, -0.2) is 43.9 Å². The number of piperidine rings is 1. The average molecular weight is 328 g/mol. The normalized spacial score (nSPS) is 16.4. The van der Waals surface area contributed by atoms with Crippen LogP contribution in [0.3, 0.4) is 0 Å².